The molecule has 0 atom stereocenters. The van der Waals surface area contributed by atoms with Gasteiger partial charge in [-0.1, -0.05) is 13.0 Å². The van der Waals surface area contributed by atoms with E-state index in [2.05, 4.69) is 30.1 Å². The molecular formula is C21H28N2O3. The molecule has 2 heterocycles. The highest BCUT2D eigenvalue weighted by molar-refractivity contribution is 5.85. The number of nitrogens with zero attached hydrogens (tertiary/aromatic N) is 2. The highest BCUT2D eigenvalue weighted by Crippen LogP contribution is 2.29. The Kier molecular flexibility index (Phi) is 5.35. The van der Waals surface area contributed by atoms with E-state index in [1.807, 2.05) is 26.8 Å². The van der Waals surface area contributed by atoms with Gasteiger partial charge in [-0.25, -0.2) is 4.79 Å². The lowest BCUT2D eigenvalue weighted by Gasteiger charge is -2.33. The van der Waals surface area contributed by atoms with Gasteiger partial charge in [0, 0.05) is 37.5 Å². The number of rotatable bonds is 3. The van der Waals surface area contributed by atoms with Gasteiger partial charge in [-0.3, -0.25) is 4.98 Å². The molecule has 140 valence electrons. The normalized spacial score (nSPS) is 15.9. The van der Waals surface area contributed by atoms with E-state index in [0.717, 1.165) is 35.9 Å². The Morgan fingerprint density at radius 2 is 2.00 bits per heavy atom. The van der Waals surface area contributed by atoms with Crippen LogP contribution >= 0.6 is 0 Å². The number of hydrogen-bond acceptors (Lipinski definition) is 4. The zero-order valence-corrected chi connectivity index (χ0v) is 16.1. The first-order valence-corrected chi connectivity index (χ1v) is 9.38. The van der Waals surface area contributed by atoms with Crippen LogP contribution in [0.4, 0.5) is 4.79 Å². The van der Waals surface area contributed by atoms with Crippen LogP contribution in [0.5, 0.6) is 5.75 Å². The Hall–Kier alpha value is -2.30. The minimum Gasteiger partial charge on any atom is -0.488 e. The van der Waals surface area contributed by atoms with Crippen LogP contribution in [0.2, 0.25) is 0 Å². The van der Waals surface area contributed by atoms with Gasteiger partial charge in [-0.2, -0.15) is 0 Å². The third-order valence-electron chi connectivity index (χ3n) is 4.53. The topological polar surface area (TPSA) is 51.7 Å². The van der Waals surface area contributed by atoms with Gasteiger partial charge >= 0.3 is 6.09 Å². The van der Waals surface area contributed by atoms with E-state index in [1.54, 1.807) is 11.1 Å². The van der Waals surface area contributed by atoms with Crippen LogP contribution < -0.4 is 4.74 Å². The number of hydrogen-bond donors (Lipinski definition) is 0. The molecule has 2 aromatic rings. The molecule has 26 heavy (non-hydrogen) atoms. The third-order valence-corrected chi connectivity index (χ3v) is 4.53. The van der Waals surface area contributed by atoms with Gasteiger partial charge in [0.1, 0.15) is 23.0 Å². The van der Waals surface area contributed by atoms with Crippen molar-refractivity contribution in [1.29, 1.82) is 0 Å². The number of carbonyl (C=O) groups excluding carboxylic acids is 1. The maximum Gasteiger partial charge on any atom is 0.410 e. The van der Waals surface area contributed by atoms with Crippen LogP contribution in [0, 0.1) is 0 Å². The van der Waals surface area contributed by atoms with Gasteiger partial charge < -0.3 is 14.4 Å². The summed E-state index contributed by atoms with van der Waals surface area (Å²) in [7, 11) is 0. The minimum absolute atomic E-state index is 0.0889. The molecule has 1 aliphatic rings. The SMILES string of the molecule is CCc1cc(OC2CCN(C(=O)OC(C)(C)C)CC2)c2ncccc2c1. The predicted molar refractivity (Wildman–Crippen MR) is 103 cm³/mol. The highest BCUT2D eigenvalue weighted by Gasteiger charge is 2.28. The Labute approximate surface area is 155 Å². The molecule has 1 aromatic heterocycles. The monoisotopic (exact) mass is 356 g/mol. The summed E-state index contributed by atoms with van der Waals surface area (Å²) in [5.41, 5.74) is 1.68. The number of ether oxygens (including phenoxy) is 2. The van der Waals surface area contributed by atoms with Crippen LogP contribution in [0.15, 0.2) is 30.5 Å². The molecule has 0 saturated carbocycles. The lowest BCUT2D eigenvalue weighted by molar-refractivity contribution is 0.0127. The van der Waals surface area contributed by atoms with Crippen molar-refractivity contribution in [3.63, 3.8) is 0 Å². The molecule has 1 amide bonds. The van der Waals surface area contributed by atoms with E-state index < -0.39 is 5.60 Å². The van der Waals surface area contributed by atoms with Crippen LogP contribution in [-0.2, 0) is 11.2 Å². The molecule has 0 unspecified atom stereocenters. The molecule has 1 fully saturated rings. The van der Waals surface area contributed by atoms with Crippen molar-refractivity contribution < 1.29 is 14.3 Å². The fourth-order valence-corrected chi connectivity index (χ4v) is 3.17. The Bertz CT molecular complexity index is 774. The largest absolute Gasteiger partial charge is 0.488 e. The molecule has 1 aromatic carbocycles. The van der Waals surface area contributed by atoms with E-state index in [1.165, 1.54) is 5.56 Å². The van der Waals surface area contributed by atoms with E-state index >= 15 is 0 Å². The summed E-state index contributed by atoms with van der Waals surface area (Å²) >= 11 is 0. The Morgan fingerprint density at radius 1 is 1.27 bits per heavy atom. The first-order valence-electron chi connectivity index (χ1n) is 9.38. The summed E-state index contributed by atoms with van der Waals surface area (Å²) < 4.78 is 11.8. The van der Waals surface area contributed by atoms with Crippen LogP contribution in [0.3, 0.4) is 0 Å². The molecule has 0 aliphatic carbocycles. The standard InChI is InChI=1S/C21H28N2O3/c1-5-15-13-16-7-6-10-22-19(16)18(14-15)25-17-8-11-23(12-9-17)20(24)26-21(2,3)4/h6-7,10,13-14,17H,5,8-9,11-12H2,1-4H3. The zero-order chi connectivity index (χ0) is 18.7. The molecule has 0 radical (unpaired) electrons. The molecular weight excluding hydrogens is 328 g/mol. The summed E-state index contributed by atoms with van der Waals surface area (Å²) in [6.07, 6.45) is 4.19. The van der Waals surface area contributed by atoms with Gasteiger partial charge in [0.25, 0.3) is 0 Å². The van der Waals surface area contributed by atoms with Crippen molar-refractivity contribution in [2.24, 2.45) is 0 Å². The van der Waals surface area contributed by atoms with Gasteiger partial charge in [-0.05, 0) is 51.0 Å². The van der Waals surface area contributed by atoms with Crippen LogP contribution in [0.25, 0.3) is 10.9 Å². The molecule has 5 heteroatoms. The molecule has 0 N–H and O–H groups in total. The number of amides is 1. The predicted octanol–water partition coefficient (Wildman–Crippen LogP) is 4.58. The summed E-state index contributed by atoms with van der Waals surface area (Å²) in [5, 5.41) is 1.10. The maximum absolute atomic E-state index is 12.2. The van der Waals surface area contributed by atoms with Crippen molar-refractivity contribution in [2.75, 3.05) is 13.1 Å². The number of aryl methyl sites for hydroxylation is 1. The number of piperidine rings is 1. The molecule has 1 saturated heterocycles. The van der Waals surface area contributed by atoms with Crippen LogP contribution in [0.1, 0.15) is 46.1 Å². The third kappa shape index (κ3) is 4.45. The van der Waals surface area contributed by atoms with Crippen molar-refractivity contribution in [3.8, 4) is 5.75 Å². The van der Waals surface area contributed by atoms with E-state index in [9.17, 15) is 4.79 Å². The average Bonchev–Trinajstić information content (AvgIpc) is 2.60. The second kappa shape index (κ2) is 7.52. The van der Waals surface area contributed by atoms with Gasteiger partial charge in [-0.15, -0.1) is 0 Å². The number of fused-ring (bicyclic) bond motifs is 1. The maximum atomic E-state index is 12.2. The number of benzene rings is 1. The Morgan fingerprint density at radius 3 is 2.65 bits per heavy atom. The lowest BCUT2D eigenvalue weighted by atomic mass is 10.1. The first-order chi connectivity index (χ1) is 12.4. The second-order valence-electron chi connectivity index (χ2n) is 7.81. The second-order valence-corrected chi connectivity index (χ2v) is 7.81. The van der Waals surface area contributed by atoms with E-state index in [0.29, 0.717) is 13.1 Å². The van der Waals surface area contributed by atoms with Gasteiger partial charge in [0.05, 0.1) is 0 Å². The molecule has 3 rings (SSSR count). The molecule has 5 nitrogen and oxygen atoms in total. The van der Waals surface area contributed by atoms with E-state index in [4.69, 9.17) is 9.47 Å². The summed E-state index contributed by atoms with van der Waals surface area (Å²) in [5.74, 6) is 0.843. The summed E-state index contributed by atoms with van der Waals surface area (Å²) in [6.45, 7) is 9.11. The van der Waals surface area contributed by atoms with Crippen molar-refractivity contribution in [3.05, 3.63) is 36.0 Å². The average molecular weight is 356 g/mol. The van der Waals surface area contributed by atoms with Crippen molar-refractivity contribution >= 4 is 17.0 Å². The van der Waals surface area contributed by atoms with E-state index in [-0.39, 0.29) is 12.2 Å². The molecule has 0 spiro atoms. The molecule has 1 aliphatic heterocycles. The van der Waals surface area contributed by atoms with Crippen molar-refractivity contribution in [1.82, 2.24) is 9.88 Å². The van der Waals surface area contributed by atoms with Gasteiger partial charge in [0.15, 0.2) is 0 Å². The van der Waals surface area contributed by atoms with Gasteiger partial charge in [0.2, 0.25) is 0 Å². The lowest BCUT2D eigenvalue weighted by Crippen LogP contribution is -2.44. The highest BCUT2D eigenvalue weighted by atomic mass is 16.6. The van der Waals surface area contributed by atoms with Crippen LogP contribution in [-0.4, -0.2) is 40.8 Å². The molecule has 0 bridgehead atoms. The summed E-state index contributed by atoms with van der Waals surface area (Å²) in [4.78, 5) is 18.5. The number of aromatic nitrogens is 1. The zero-order valence-electron chi connectivity index (χ0n) is 16.1. The van der Waals surface area contributed by atoms with Crippen molar-refractivity contribution in [2.45, 2.75) is 58.7 Å². The Balaban J connectivity index is 1.67. The quantitative estimate of drug-likeness (QED) is 0.808. The summed E-state index contributed by atoms with van der Waals surface area (Å²) in [6, 6.07) is 8.28. The fourth-order valence-electron chi connectivity index (χ4n) is 3.17. The number of carbonyl (C=O) groups is 1. The minimum atomic E-state index is -0.463. The smallest absolute Gasteiger partial charge is 0.410 e. The first kappa shape index (κ1) is 18.5. The number of likely N-dealkylation sites (tertiary alicyclic amines) is 1. The number of pyridine rings is 1. The fraction of sp³-hybridized carbons (Fsp3) is 0.524.